The molecule has 3 aromatic rings. The zero-order chi connectivity index (χ0) is 21.7. The molecule has 0 aliphatic carbocycles. The van der Waals surface area contributed by atoms with E-state index < -0.39 is 10.0 Å². The smallest absolute Gasteiger partial charge is 0.236 e. The molecule has 1 fully saturated rings. The van der Waals surface area contributed by atoms with Crippen molar-refractivity contribution in [1.82, 2.24) is 9.29 Å². The molecule has 31 heavy (non-hydrogen) atoms. The lowest BCUT2D eigenvalue weighted by atomic mass is 9.97. The molecule has 0 saturated carbocycles. The summed E-state index contributed by atoms with van der Waals surface area (Å²) in [6, 6.07) is 16.6. The van der Waals surface area contributed by atoms with E-state index in [1.54, 1.807) is 12.3 Å². The summed E-state index contributed by atoms with van der Waals surface area (Å²) >= 11 is 0. The van der Waals surface area contributed by atoms with E-state index in [1.165, 1.54) is 16.1 Å². The SMILES string of the molecule is O=C(Nc1cccc(-c2cnco2)c1)C1CCN(S(=O)(=O)/C=C/c2ccccc2)CC1. The van der Waals surface area contributed by atoms with E-state index in [2.05, 4.69) is 10.3 Å². The largest absolute Gasteiger partial charge is 0.444 e. The third kappa shape index (κ3) is 5.28. The van der Waals surface area contributed by atoms with Gasteiger partial charge in [-0.1, -0.05) is 42.5 Å². The van der Waals surface area contributed by atoms with E-state index in [9.17, 15) is 13.2 Å². The second kappa shape index (κ2) is 9.28. The van der Waals surface area contributed by atoms with E-state index in [0.717, 1.165) is 11.1 Å². The van der Waals surface area contributed by atoms with Gasteiger partial charge in [-0.2, -0.15) is 4.31 Å². The van der Waals surface area contributed by atoms with Crippen molar-refractivity contribution in [3.05, 3.63) is 78.2 Å². The fourth-order valence-electron chi connectivity index (χ4n) is 3.54. The first-order chi connectivity index (χ1) is 15.0. The molecule has 160 valence electrons. The van der Waals surface area contributed by atoms with Gasteiger partial charge in [0.05, 0.1) is 6.20 Å². The van der Waals surface area contributed by atoms with E-state index in [0.29, 0.717) is 37.4 Å². The van der Waals surface area contributed by atoms with Crippen LogP contribution in [0.15, 0.2) is 77.0 Å². The summed E-state index contributed by atoms with van der Waals surface area (Å²) in [5.74, 6) is 0.281. The van der Waals surface area contributed by atoms with Gasteiger partial charge in [0.2, 0.25) is 15.9 Å². The van der Waals surface area contributed by atoms with Gasteiger partial charge >= 0.3 is 0 Å². The van der Waals surface area contributed by atoms with Crippen molar-refractivity contribution in [3.63, 3.8) is 0 Å². The number of hydrogen-bond acceptors (Lipinski definition) is 5. The number of carbonyl (C=O) groups is 1. The van der Waals surface area contributed by atoms with Crippen LogP contribution in [0.4, 0.5) is 5.69 Å². The first kappa shape index (κ1) is 21.0. The Morgan fingerprint density at radius 3 is 2.58 bits per heavy atom. The summed E-state index contributed by atoms with van der Waals surface area (Å²) in [6.45, 7) is 0.634. The number of sulfonamides is 1. The molecule has 0 atom stereocenters. The van der Waals surface area contributed by atoms with Crippen molar-refractivity contribution in [3.8, 4) is 11.3 Å². The van der Waals surface area contributed by atoms with Crippen molar-refractivity contribution in [2.45, 2.75) is 12.8 Å². The number of carbonyl (C=O) groups excluding carboxylic acids is 1. The van der Waals surface area contributed by atoms with Crippen LogP contribution in [-0.2, 0) is 14.8 Å². The number of aromatic nitrogens is 1. The number of oxazole rings is 1. The molecule has 0 radical (unpaired) electrons. The van der Waals surface area contributed by atoms with Gasteiger partial charge in [0.15, 0.2) is 12.2 Å². The van der Waals surface area contributed by atoms with Gasteiger partial charge in [0.1, 0.15) is 0 Å². The van der Waals surface area contributed by atoms with Crippen LogP contribution in [0, 0.1) is 5.92 Å². The van der Waals surface area contributed by atoms with Crippen LogP contribution in [0.1, 0.15) is 18.4 Å². The highest BCUT2D eigenvalue weighted by Gasteiger charge is 2.30. The van der Waals surface area contributed by atoms with Gasteiger partial charge in [0.25, 0.3) is 0 Å². The molecule has 0 spiro atoms. The maximum atomic E-state index is 12.7. The minimum absolute atomic E-state index is 0.105. The number of nitrogens with zero attached hydrogens (tertiary/aromatic N) is 2. The molecule has 7 nitrogen and oxygen atoms in total. The first-order valence-corrected chi connectivity index (χ1v) is 11.5. The van der Waals surface area contributed by atoms with Crippen molar-refractivity contribution in [2.75, 3.05) is 18.4 Å². The van der Waals surface area contributed by atoms with Crippen LogP contribution in [-0.4, -0.2) is 36.7 Å². The Balaban J connectivity index is 1.34. The predicted octanol–water partition coefficient (Wildman–Crippen LogP) is 3.99. The monoisotopic (exact) mass is 437 g/mol. The number of anilines is 1. The van der Waals surface area contributed by atoms with Crippen molar-refractivity contribution >= 4 is 27.7 Å². The molecule has 0 bridgehead atoms. The summed E-state index contributed by atoms with van der Waals surface area (Å²) in [5.41, 5.74) is 2.31. The van der Waals surface area contributed by atoms with E-state index in [1.807, 2.05) is 54.6 Å². The molecule has 2 aromatic carbocycles. The lowest BCUT2D eigenvalue weighted by Gasteiger charge is -2.29. The minimum atomic E-state index is -3.52. The molecule has 1 N–H and O–H groups in total. The summed E-state index contributed by atoms with van der Waals surface area (Å²) in [6.07, 6.45) is 5.52. The van der Waals surface area contributed by atoms with Gasteiger partial charge < -0.3 is 9.73 Å². The molecule has 4 rings (SSSR count). The Morgan fingerprint density at radius 2 is 1.87 bits per heavy atom. The second-order valence-electron chi connectivity index (χ2n) is 7.37. The standard InChI is InChI=1S/C23H23N3O4S/c27-23(25-21-8-4-7-20(15-21)22-16-24-17-30-22)19-9-12-26(13-10-19)31(28,29)14-11-18-5-2-1-3-6-18/h1-8,11,14-17,19H,9-10,12-13H2,(H,25,27)/b14-11+. The molecule has 1 aromatic heterocycles. The van der Waals surface area contributed by atoms with Crippen molar-refractivity contribution in [1.29, 1.82) is 0 Å². The topological polar surface area (TPSA) is 92.5 Å². The van der Waals surface area contributed by atoms with E-state index in [-0.39, 0.29) is 11.8 Å². The Hall–Kier alpha value is -3.23. The first-order valence-electron chi connectivity index (χ1n) is 10.0. The highest BCUT2D eigenvalue weighted by atomic mass is 32.2. The molecule has 0 unspecified atom stereocenters. The number of amides is 1. The average Bonchev–Trinajstić information content (AvgIpc) is 3.34. The fraction of sp³-hybridized carbons (Fsp3) is 0.217. The highest BCUT2D eigenvalue weighted by molar-refractivity contribution is 7.92. The molecule has 8 heteroatoms. The third-order valence-corrected chi connectivity index (χ3v) is 6.83. The van der Waals surface area contributed by atoms with Crippen molar-refractivity contribution in [2.24, 2.45) is 5.92 Å². The van der Waals surface area contributed by atoms with Crippen molar-refractivity contribution < 1.29 is 17.6 Å². The molecule has 2 heterocycles. The summed E-state index contributed by atoms with van der Waals surface area (Å²) < 4.78 is 31.9. The Kier molecular flexibility index (Phi) is 6.29. The van der Waals surface area contributed by atoms with E-state index >= 15 is 0 Å². The van der Waals surface area contributed by atoms with E-state index in [4.69, 9.17) is 4.42 Å². The number of hydrogen-bond donors (Lipinski definition) is 1. The van der Waals surface area contributed by atoms with Crippen LogP contribution in [0.5, 0.6) is 0 Å². The molecule has 1 saturated heterocycles. The lowest BCUT2D eigenvalue weighted by Crippen LogP contribution is -2.40. The van der Waals surface area contributed by atoms with Crippen LogP contribution in [0.3, 0.4) is 0 Å². The van der Waals surface area contributed by atoms with Crippen LogP contribution in [0.2, 0.25) is 0 Å². The van der Waals surface area contributed by atoms with Crippen LogP contribution >= 0.6 is 0 Å². The Bertz CT molecular complexity index is 1150. The summed E-state index contributed by atoms with van der Waals surface area (Å²) in [4.78, 5) is 16.6. The molecular weight excluding hydrogens is 414 g/mol. The highest BCUT2D eigenvalue weighted by Crippen LogP contribution is 2.25. The summed E-state index contributed by atoms with van der Waals surface area (Å²) in [7, 11) is -3.52. The summed E-state index contributed by atoms with van der Waals surface area (Å²) in [5, 5.41) is 4.17. The fourth-order valence-corrected chi connectivity index (χ4v) is 4.76. The Labute approximate surface area is 181 Å². The maximum absolute atomic E-state index is 12.7. The lowest BCUT2D eigenvalue weighted by molar-refractivity contribution is -0.120. The number of piperidine rings is 1. The third-order valence-electron chi connectivity index (χ3n) is 5.26. The number of rotatable bonds is 6. The average molecular weight is 438 g/mol. The molecule has 1 aliphatic rings. The van der Waals surface area contributed by atoms with Gasteiger partial charge in [-0.25, -0.2) is 13.4 Å². The van der Waals surface area contributed by atoms with Crippen LogP contribution in [0.25, 0.3) is 17.4 Å². The Morgan fingerprint density at radius 1 is 1.10 bits per heavy atom. The maximum Gasteiger partial charge on any atom is 0.236 e. The van der Waals surface area contributed by atoms with Gasteiger partial charge in [-0.3, -0.25) is 4.79 Å². The molecule has 1 aliphatic heterocycles. The quantitative estimate of drug-likeness (QED) is 0.629. The zero-order valence-electron chi connectivity index (χ0n) is 16.8. The van der Waals surface area contributed by atoms with Gasteiger partial charge in [-0.15, -0.1) is 0 Å². The second-order valence-corrected chi connectivity index (χ2v) is 9.19. The van der Waals surface area contributed by atoms with Gasteiger partial charge in [0, 0.05) is 35.7 Å². The molecular formula is C23H23N3O4S. The van der Waals surface area contributed by atoms with Gasteiger partial charge in [-0.05, 0) is 36.6 Å². The number of nitrogens with one attached hydrogen (secondary N) is 1. The van der Waals surface area contributed by atoms with Crippen LogP contribution < -0.4 is 5.32 Å². The number of benzene rings is 2. The normalized spacial score (nSPS) is 15.9. The predicted molar refractivity (Wildman–Crippen MR) is 119 cm³/mol. The zero-order valence-corrected chi connectivity index (χ0v) is 17.7. The minimum Gasteiger partial charge on any atom is -0.444 e. The molecule has 1 amide bonds.